The van der Waals surface area contributed by atoms with Crippen LogP contribution in [0.5, 0.6) is 0 Å². The Kier molecular flexibility index (Phi) is 5.14. The first-order valence-corrected chi connectivity index (χ1v) is 5.22. The van der Waals surface area contributed by atoms with Gasteiger partial charge in [0, 0.05) is 24.6 Å². The molecule has 0 aliphatic rings. The zero-order chi connectivity index (χ0) is 12.1. The van der Waals surface area contributed by atoms with Crippen molar-refractivity contribution < 1.29 is 9.90 Å². The molecule has 0 atom stereocenters. The van der Waals surface area contributed by atoms with Gasteiger partial charge in [-0.3, -0.25) is 4.98 Å². The minimum absolute atomic E-state index is 0. The van der Waals surface area contributed by atoms with Crippen LogP contribution in [0.15, 0.2) is 48.8 Å². The molecule has 5 heteroatoms. The quantitative estimate of drug-likeness (QED) is 0.891. The molecule has 4 nitrogen and oxygen atoms in total. The summed E-state index contributed by atoms with van der Waals surface area (Å²) in [7, 11) is 0. The Morgan fingerprint density at radius 3 is 2.28 bits per heavy atom. The van der Waals surface area contributed by atoms with Crippen LogP contribution in [0, 0.1) is 0 Å². The summed E-state index contributed by atoms with van der Waals surface area (Å²) in [4.78, 5) is 14.6. The van der Waals surface area contributed by atoms with Gasteiger partial charge in [0.25, 0.3) is 0 Å². The molecule has 0 bridgehead atoms. The summed E-state index contributed by atoms with van der Waals surface area (Å²) in [6.45, 7) is 0.657. The summed E-state index contributed by atoms with van der Waals surface area (Å²) >= 11 is 0. The van der Waals surface area contributed by atoms with E-state index in [-0.39, 0.29) is 12.4 Å². The van der Waals surface area contributed by atoms with Gasteiger partial charge in [-0.05, 0) is 29.8 Å². The number of hydrogen-bond acceptors (Lipinski definition) is 3. The number of carbonyl (C=O) groups is 1. The van der Waals surface area contributed by atoms with Crippen molar-refractivity contribution in [1.29, 1.82) is 0 Å². The van der Waals surface area contributed by atoms with E-state index < -0.39 is 5.97 Å². The molecule has 0 aliphatic carbocycles. The maximum absolute atomic E-state index is 10.7. The molecule has 0 saturated carbocycles. The molecular formula is C13H13ClN2O2. The molecule has 0 spiro atoms. The summed E-state index contributed by atoms with van der Waals surface area (Å²) < 4.78 is 0. The highest BCUT2D eigenvalue weighted by Gasteiger charge is 2.01. The molecule has 1 aromatic heterocycles. The summed E-state index contributed by atoms with van der Waals surface area (Å²) in [5.74, 6) is -0.904. The molecule has 2 rings (SSSR count). The molecule has 0 saturated heterocycles. The lowest BCUT2D eigenvalue weighted by Gasteiger charge is -2.06. The topological polar surface area (TPSA) is 62.2 Å². The predicted molar refractivity (Wildman–Crippen MR) is 72.2 cm³/mol. The van der Waals surface area contributed by atoms with E-state index in [1.165, 1.54) is 0 Å². The van der Waals surface area contributed by atoms with E-state index in [0.29, 0.717) is 12.1 Å². The standard InChI is InChI=1S/C13H12N2O2.ClH/c16-13(17)11-3-1-10(2-4-11)9-15-12-5-7-14-8-6-12;/h1-8H,9H2,(H,14,15)(H,16,17);1H. The lowest BCUT2D eigenvalue weighted by molar-refractivity contribution is 0.0697. The number of benzene rings is 1. The van der Waals surface area contributed by atoms with Crippen molar-refractivity contribution in [1.82, 2.24) is 4.98 Å². The van der Waals surface area contributed by atoms with Gasteiger partial charge in [-0.15, -0.1) is 12.4 Å². The molecule has 0 aliphatic heterocycles. The van der Waals surface area contributed by atoms with Crippen molar-refractivity contribution in [2.45, 2.75) is 6.54 Å². The Balaban J connectivity index is 0.00000162. The average Bonchev–Trinajstić information content (AvgIpc) is 2.38. The van der Waals surface area contributed by atoms with Crippen molar-refractivity contribution in [3.05, 3.63) is 59.9 Å². The maximum Gasteiger partial charge on any atom is 0.335 e. The van der Waals surface area contributed by atoms with Gasteiger partial charge in [-0.2, -0.15) is 0 Å². The third-order valence-electron chi connectivity index (χ3n) is 2.38. The molecular weight excluding hydrogens is 252 g/mol. The second-order valence-electron chi connectivity index (χ2n) is 3.59. The predicted octanol–water partition coefficient (Wildman–Crippen LogP) is 2.81. The van der Waals surface area contributed by atoms with Gasteiger partial charge in [0.05, 0.1) is 5.56 Å². The molecule has 2 N–H and O–H groups in total. The maximum atomic E-state index is 10.7. The van der Waals surface area contributed by atoms with Crippen LogP contribution in [0.3, 0.4) is 0 Å². The monoisotopic (exact) mass is 264 g/mol. The smallest absolute Gasteiger partial charge is 0.335 e. The van der Waals surface area contributed by atoms with Crippen molar-refractivity contribution in [2.75, 3.05) is 5.32 Å². The minimum Gasteiger partial charge on any atom is -0.478 e. The number of hydrogen-bond donors (Lipinski definition) is 2. The average molecular weight is 265 g/mol. The number of halogens is 1. The Hall–Kier alpha value is -2.07. The lowest BCUT2D eigenvalue weighted by Crippen LogP contribution is -2.01. The van der Waals surface area contributed by atoms with Gasteiger partial charge in [-0.25, -0.2) is 4.79 Å². The minimum atomic E-state index is -0.904. The zero-order valence-corrected chi connectivity index (χ0v) is 10.4. The van der Waals surface area contributed by atoms with E-state index in [2.05, 4.69) is 10.3 Å². The van der Waals surface area contributed by atoms with Crippen LogP contribution in [-0.4, -0.2) is 16.1 Å². The van der Waals surface area contributed by atoms with Gasteiger partial charge in [0.1, 0.15) is 0 Å². The normalized spacial score (nSPS) is 9.33. The number of rotatable bonds is 4. The van der Waals surface area contributed by atoms with Crippen LogP contribution in [-0.2, 0) is 6.54 Å². The largest absolute Gasteiger partial charge is 0.478 e. The van der Waals surface area contributed by atoms with Crippen molar-refractivity contribution in [3.63, 3.8) is 0 Å². The van der Waals surface area contributed by atoms with Crippen LogP contribution in [0.25, 0.3) is 0 Å². The molecule has 0 unspecified atom stereocenters. The van der Waals surface area contributed by atoms with Crippen LogP contribution in [0.2, 0.25) is 0 Å². The highest BCUT2D eigenvalue weighted by atomic mass is 35.5. The highest BCUT2D eigenvalue weighted by Crippen LogP contribution is 2.08. The van der Waals surface area contributed by atoms with Crippen LogP contribution in [0.4, 0.5) is 5.69 Å². The van der Waals surface area contributed by atoms with E-state index in [1.54, 1.807) is 36.7 Å². The second-order valence-corrected chi connectivity index (χ2v) is 3.59. The van der Waals surface area contributed by atoms with Crippen LogP contribution >= 0.6 is 12.4 Å². The Morgan fingerprint density at radius 1 is 1.11 bits per heavy atom. The molecule has 1 aromatic carbocycles. The number of nitrogens with one attached hydrogen (secondary N) is 1. The Bertz CT molecular complexity index is 500. The SMILES string of the molecule is Cl.O=C(O)c1ccc(CNc2ccncc2)cc1. The van der Waals surface area contributed by atoms with Gasteiger partial charge in [0.15, 0.2) is 0 Å². The summed E-state index contributed by atoms with van der Waals surface area (Å²) in [6.07, 6.45) is 3.44. The van der Waals surface area contributed by atoms with Crippen LogP contribution in [0.1, 0.15) is 15.9 Å². The number of carboxylic acids is 1. The van der Waals surface area contributed by atoms with Gasteiger partial charge < -0.3 is 10.4 Å². The van der Waals surface area contributed by atoms with E-state index in [9.17, 15) is 4.79 Å². The highest BCUT2D eigenvalue weighted by molar-refractivity contribution is 5.87. The fourth-order valence-electron chi connectivity index (χ4n) is 1.44. The van der Waals surface area contributed by atoms with Gasteiger partial charge >= 0.3 is 5.97 Å². The first-order chi connectivity index (χ1) is 8.25. The Morgan fingerprint density at radius 2 is 1.72 bits per heavy atom. The summed E-state index contributed by atoms with van der Waals surface area (Å²) in [5.41, 5.74) is 2.33. The first-order valence-electron chi connectivity index (χ1n) is 5.22. The zero-order valence-electron chi connectivity index (χ0n) is 9.54. The molecule has 94 valence electrons. The van der Waals surface area contributed by atoms with Crippen LogP contribution < -0.4 is 5.32 Å². The van der Waals surface area contributed by atoms with E-state index >= 15 is 0 Å². The molecule has 18 heavy (non-hydrogen) atoms. The summed E-state index contributed by atoms with van der Waals surface area (Å²) in [5, 5.41) is 12.0. The third kappa shape index (κ3) is 3.75. The van der Waals surface area contributed by atoms with E-state index in [1.807, 2.05) is 12.1 Å². The van der Waals surface area contributed by atoms with E-state index in [0.717, 1.165) is 11.3 Å². The molecule has 0 amide bonds. The number of nitrogens with zero attached hydrogens (tertiary/aromatic N) is 1. The fourth-order valence-corrected chi connectivity index (χ4v) is 1.44. The second kappa shape index (κ2) is 6.61. The summed E-state index contributed by atoms with van der Waals surface area (Å²) in [6, 6.07) is 10.6. The number of carboxylic acid groups (broad SMARTS) is 1. The lowest BCUT2D eigenvalue weighted by atomic mass is 10.1. The fraction of sp³-hybridized carbons (Fsp3) is 0.0769. The van der Waals surface area contributed by atoms with E-state index in [4.69, 9.17) is 5.11 Å². The molecule has 0 radical (unpaired) electrons. The molecule has 1 heterocycles. The van der Waals surface area contributed by atoms with Gasteiger partial charge in [0.2, 0.25) is 0 Å². The number of aromatic carboxylic acids is 1. The van der Waals surface area contributed by atoms with Crippen molar-refractivity contribution >= 4 is 24.1 Å². The number of pyridine rings is 1. The molecule has 2 aromatic rings. The number of anilines is 1. The molecule has 0 fully saturated rings. The Labute approximate surface area is 111 Å². The van der Waals surface area contributed by atoms with Gasteiger partial charge in [-0.1, -0.05) is 12.1 Å². The number of aromatic nitrogens is 1. The van der Waals surface area contributed by atoms with Crippen molar-refractivity contribution in [2.24, 2.45) is 0 Å². The third-order valence-corrected chi connectivity index (χ3v) is 2.38. The first kappa shape index (κ1) is 14.0. The van der Waals surface area contributed by atoms with Crippen molar-refractivity contribution in [3.8, 4) is 0 Å².